The minimum atomic E-state index is -0.703. The molecule has 3 unspecified atom stereocenters. The maximum Gasteiger partial charge on any atom is 0.407 e. The van der Waals surface area contributed by atoms with Crippen LogP contribution in [0.2, 0.25) is 10.0 Å². The molecule has 7 rings (SSSR count). The SMILES string of the molecule is COC(=O)NC(C(=O)N1CCCC1c1ncc(-c2ccc3c(c2)OC(CCc2cccc(OC)c2)n2c-3c(Cl)c3cc(Cl)ccc32)[nH]1)C(C)C. The Labute approximate surface area is 300 Å². The maximum absolute atomic E-state index is 13.6. The number of halogens is 2. The molecule has 10 nitrogen and oxygen atoms in total. The number of imidazole rings is 1. The van der Waals surface area contributed by atoms with E-state index in [-0.39, 0.29) is 24.1 Å². The van der Waals surface area contributed by atoms with Gasteiger partial charge in [-0.15, -0.1) is 0 Å². The zero-order chi connectivity index (χ0) is 35.1. The summed E-state index contributed by atoms with van der Waals surface area (Å²) in [4.78, 5) is 35.7. The van der Waals surface area contributed by atoms with E-state index in [1.54, 1.807) is 18.2 Å². The number of aryl methyl sites for hydroxylation is 1. The average molecular weight is 717 g/mol. The highest BCUT2D eigenvalue weighted by Gasteiger charge is 2.38. The van der Waals surface area contributed by atoms with Crippen LogP contribution in [0.1, 0.15) is 56.8 Å². The van der Waals surface area contributed by atoms with Gasteiger partial charge in [0, 0.05) is 34.5 Å². The quantitative estimate of drug-likeness (QED) is 0.158. The van der Waals surface area contributed by atoms with Crippen molar-refractivity contribution in [1.82, 2.24) is 24.8 Å². The third-order valence-corrected chi connectivity index (χ3v) is 10.3. The molecule has 5 aromatic rings. The number of amides is 2. The lowest BCUT2D eigenvalue weighted by molar-refractivity contribution is -0.135. The van der Waals surface area contributed by atoms with Gasteiger partial charge in [-0.05, 0) is 73.2 Å². The Hall–Kier alpha value is -4.67. The normalized spacial score (nSPS) is 17.3. The molecule has 4 heterocycles. The van der Waals surface area contributed by atoms with Crippen molar-refractivity contribution in [3.05, 3.63) is 88.3 Å². The van der Waals surface area contributed by atoms with E-state index in [4.69, 9.17) is 42.4 Å². The zero-order valence-corrected chi connectivity index (χ0v) is 29.8. The summed E-state index contributed by atoms with van der Waals surface area (Å²) in [6, 6.07) is 19.0. The molecule has 2 aliphatic rings. The number of rotatable bonds is 9. The molecule has 3 atom stereocenters. The highest BCUT2D eigenvalue weighted by atomic mass is 35.5. The number of benzene rings is 3. The number of hydrogen-bond donors (Lipinski definition) is 2. The third-order valence-electron chi connectivity index (χ3n) is 9.65. The summed E-state index contributed by atoms with van der Waals surface area (Å²) in [5, 5.41) is 4.82. The standard InChI is InChI=1S/C38H39Cl2N5O5/c1-21(2)34(43-38(47)49-4)37(46)44-16-6-9-30(44)36-41-20-28(42-36)23-11-13-26-31(18-23)50-32(15-10-22-7-5-8-25(17-22)48-3)45-29-14-12-24(39)19-27(29)33(40)35(26)45/h5,7-8,11-14,17-21,30,32,34H,6,9-10,15-16H2,1-4H3,(H,41,42)(H,43,47). The maximum atomic E-state index is 13.6. The predicted octanol–water partition coefficient (Wildman–Crippen LogP) is 8.58. The minimum Gasteiger partial charge on any atom is -0.497 e. The summed E-state index contributed by atoms with van der Waals surface area (Å²) in [6.45, 7) is 4.38. The molecule has 3 aromatic carbocycles. The fourth-order valence-electron chi connectivity index (χ4n) is 7.13. The fraction of sp³-hybridized carbons (Fsp3) is 0.342. The largest absolute Gasteiger partial charge is 0.497 e. The van der Waals surface area contributed by atoms with Gasteiger partial charge in [0.1, 0.15) is 23.4 Å². The van der Waals surface area contributed by atoms with Gasteiger partial charge < -0.3 is 34.0 Å². The molecule has 1 fully saturated rings. The summed E-state index contributed by atoms with van der Waals surface area (Å²) in [5.74, 6) is 1.95. The number of fused-ring (bicyclic) bond motifs is 5. The minimum absolute atomic E-state index is 0.117. The van der Waals surface area contributed by atoms with Crippen LogP contribution in [0.5, 0.6) is 11.5 Å². The molecule has 12 heteroatoms. The molecule has 0 bridgehead atoms. The first-order chi connectivity index (χ1) is 24.2. The van der Waals surface area contributed by atoms with Crippen molar-refractivity contribution in [2.45, 2.75) is 57.8 Å². The van der Waals surface area contributed by atoms with Crippen LogP contribution in [0.4, 0.5) is 4.79 Å². The molecule has 2 N–H and O–H groups in total. The van der Waals surface area contributed by atoms with Gasteiger partial charge in [0.2, 0.25) is 5.91 Å². The molecule has 0 aliphatic carbocycles. The van der Waals surface area contributed by atoms with E-state index in [1.807, 2.05) is 68.4 Å². The van der Waals surface area contributed by atoms with Crippen molar-refractivity contribution in [3.8, 4) is 34.0 Å². The lowest BCUT2D eigenvalue weighted by Crippen LogP contribution is -2.51. The predicted molar refractivity (Wildman–Crippen MR) is 194 cm³/mol. The van der Waals surface area contributed by atoms with Crippen LogP contribution in [-0.2, 0) is 16.0 Å². The Kier molecular flexibility index (Phi) is 9.41. The molecule has 50 heavy (non-hydrogen) atoms. The number of ether oxygens (including phenoxy) is 3. The van der Waals surface area contributed by atoms with E-state index in [9.17, 15) is 9.59 Å². The van der Waals surface area contributed by atoms with Crippen molar-refractivity contribution in [1.29, 1.82) is 0 Å². The zero-order valence-electron chi connectivity index (χ0n) is 28.3. The first kappa shape index (κ1) is 33.8. The number of carbonyl (C=O) groups excluding carboxylic acids is 2. The highest BCUT2D eigenvalue weighted by molar-refractivity contribution is 6.39. The third kappa shape index (κ3) is 6.26. The van der Waals surface area contributed by atoms with Crippen molar-refractivity contribution in [2.24, 2.45) is 5.92 Å². The number of H-pyrrole nitrogens is 1. The van der Waals surface area contributed by atoms with Gasteiger partial charge in [0.15, 0.2) is 6.23 Å². The van der Waals surface area contributed by atoms with Crippen LogP contribution in [0, 0.1) is 5.92 Å². The van der Waals surface area contributed by atoms with Gasteiger partial charge >= 0.3 is 6.09 Å². The monoisotopic (exact) mass is 715 g/mol. The number of aromatic amines is 1. The number of alkyl carbamates (subject to hydrolysis) is 1. The van der Waals surface area contributed by atoms with Crippen LogP contribution in [0.15, 0.2) is 66.9 Å². The van der Waals surface area contributed by atoms with Crippen molar-refractivity contribution >= 4 is 46.1 Å². The molecule has 260 valence electrons. The summed E-state index contributed by atoms with van der Waals surface area (Å²) in [7, 11) is 2.96. The number of likely N-dealkylation sites (tertiary alicyclic amines) is 1. The Morgan fingerprint density at radius 2 is 1.94 bits per heavy atom. The molecule has 2 amide bonds. The van der Waals surface area contributed by atoms with Gasteiger partial charge in [-0.2, -0.15) is 0 Å². The van der Waals surface area contributed by atoms with Crippen LogP contribution >= 0.6 is 23.2 Å². The lowest BCUT2D eigenvalue weighted by Gasteiger charge is -2.30. The molecular formula is C38H39Cl2N5O5. The van der Waals surface area contributed by atoms with E-state index in [1.165, 1.54) is 7.11 Å². The highest BCUT2D eigenvalue weighted by Crippen LogP contribution is 2.49. The molecule has 2 aromatic heterocycles. The second-order valence-corrected chi connectivity index (χ2v) is 13.9. The molecule has 0 spiro atoms. The van der Waals surface area contributed by atoms with Crippen molar-refractivity contribution < 1.29 is 23.8 Å². The summed E-state index contributed by atoms with van der Waals surface area (Å²) < 4.78 is 19.2. The fourth-order valence-corrected chi connectivity index (χ4v) is 7.65. The molecule has 0 radical (unpaired) electrons. The van der Waals surface area contributed by atoms with Crippen LogP contribution in [0.3, 0.4) is 0 Å². The van der Waals surface area contributed by atoms with E-state index in [0.29, 0.717) is 34.6 Å². The molecule has 0 saturated carbocycles. The number of methoxy groups -OCH3 is 2. The molecular weight excluding hydrogens is 677 g/mol. The second-order valence-electron chi connectivity index (χ2n) is 13.1. The van der Waals surface area contributed by atoms with Gasteiger partial charge in [0.05, 0.1) is 48.4 Å². The summed E-state index contributed by atoms with van der Waals surface area (Å²) in [6.07, 6.45) is 3.87. The van der Waals surface area contributed by atoms with E-state index < -0.39 is 12.1 Å². The number of aromatic nitrogens is 3. The number of carbonyl (C=O) groups is 2. The van der Waals surface area contributed by atoms with E-state index >= 15 is 0 Å². The van der Waals surface area contributed by atoms with Gasteiger partial charge in [-0.1, -0.05) is 55.2 Å². The Morgan fingerprint density at radius 3 is 2.72 bits per heavy atom. The van der Waals surface area contributed by atoms with Crippen LogP contribution in [-0.4, -0.2) is 58.2 Å². The smallest absolute Gasteiger partial charge is 0.407 e. The van der Waals surface area contributed by atoms with Crippen molar-refractivity contribution in [3.63, 3.8) is 0 Å². The average Bonchev–Trinajstić information content (AvgIpc) is 3.87. The Balaban J connectivity index is 1.20. The number of nitrogens with zero attached hydrogens (tertiary/aromatic N) is 3. The van der Waals surface area contributed by atoms with Crippen LogP contribution in [0.25, 0.3) is 33.4 Å². The number of hydrogen-bond acceptors (Lipinski definition) is 6. The van der Waals surface area contributed by atoms with Gasteiger partial charge in [0.25, 0.3) is 0 Å². The summed E-state index contributed by atoms with van der Waals surface area (Å²) in [5.41, 5.74) is 5.56. The first-order valence-electron chi connectivity index (χ1n) is 16.8. The van der Waals surface area contributed by atoms with Crippen molar-refractivity contribution in [2.75, 3.05) is 20.8 Å². The lowest BCUT2D eigenvalue weighted by atomic mass is 10.0. The molecule has 2 aliphatic heterocycles. The second kappa shape index (κ2) is 13.9. The molecule has 1 saturated heterocycles. The van der Waals surface area contributed by atoms with E-state index in [0.717, 1.165) is 64.0 Å². The first-order valence-corrected chi connectivity index (χ1v) is 17.6. The topological polar surface area (TPSA) is 111 Å². The summed E-state index contributed by atoms with van der Waals surface area (Å²) >= 11 is 13.5. The Morgan fingerprint density at radius 1 is 1.10 bits per heavy atom. The van der Waals surface area contributed by atoms with E-state index in [2.05, 4.69) is 20.9 Å². The van der Waals surface area contributed by atoms with Gasteiger partial charge in [-0.3, -0.25) is 4.79 Å². The van der Waals surface area contributed by atoms with Gasteiger partial charge in [-0.25, -0.2) is 9.78 Å². The number of nitrogens with one attached hydrogen (secondary N) is 2. The Bertz CT molecular complexity index is 2070. The van der Waals surface area contributed by atoms with Crippen LogP contribution < -0.4 is 14.8 Å².